The number of ether oxygens (including phenoxy) is 1. The van der Waals surface area contributed by atoms with Crippen LogP contribution in [0.5, 0.6) is 0 Å². The minimum atomic E-state index is -1.17. The lowest BCUT2D eigenvalue weighted by molar-refractivity contribution is -0.0285. The number of anilines is 1. The highest BCUT2D eigenvalue weighted by Crippen LogP contribution is 2.39. The van der Waals surface area contributed by atoms with Gasteiger partial charge >= 0.3 is 0 Å². The Morgan fingerprint density at radius 2 is 1.92 bits per heavy atom. The first-order valence-electron chi connectivity index (χ1n) is 11.8. The monoisotopic (exact) mass is 519 g/mol. The normalized spacial score (nSPS) is 21.7. The van der Waals surface area contributed by atoms with Crippen LogP contribution in [0.3, 0.4) is 0 Å². The van der Waals surface area contributed by atoms with Gasteiger partial charge in [-0.1, -0.05) is 35.5 Å². The molecule has 1 aliphatic heterocycles. The Morgan fingerprint density at radius 1 is 1.08 bits per heavy atom. The fourth-order valence-electron chi connectivity index (χ4n) is 4.67. The topological polar surface area (TPSA) is 146 Å². The van der Waals surface area contributed by atoms with Crippen LogP contribution in [-0.4, -0.2) is 54.0 Å². The fraction of sp³-hybridized carbons (Fsp3) is 0.269. The number of nitrogen functional groups attached to an aromatic ring is 1. The number of aliphatic hydroxyl groups excluding tert-OH is 2. The number of aryl methyl sites for hydroxylation is 1. The summed E-state index contributed by atoms with van der Waals surface area (Å²) < 4.78 is 19.0. The van der Waals surface area contributed by atoms with Crippen molar-refractivity contribution in [2.75, 3.05) is 11.5 Å². The van der Waals surface area contributed by atoms with E-state index in [9.17, 15) is 10.2 Å². The summed E-state index contributed by atoms with van der Waals surface area (Å²) >= 11 is 1.58. The zero-order valence-electron chi connectivity index (χ0n) is 19.9. The van der Waals surface area contributed by atoms with E-state index in [-0.39, 0.29) is 5.82 Å². The van der Waals surface area contributed by atoms with Gasteiger partial charge in [0.05, 0.1) is 23.4 Å². The number of fused-ring (bicyclic) bond motifs is 1. The molecule has 0 radical (unpaired) electrons. The van der Waals surface area contributed by atoms with Crippen LogP contribution in [0.4, 0.5) is 5.82 Å². The summed E-state index contributed by atoms with van der Waals surface area (Å²) in [5.41, 5.74) is 10.1. The highest BCUT2D eigenvalue weighted by molar-refractivity contribution is 7.98. The Labute approximate surface area is 216 Å². The summed E-state index contributed by atoms with van der Waals surface area (Å²) in [6.45, 7) is 1.91. The van der Waals surface area contributed by atoms with E-state index >= 15 is 0 Å². The van der Waals surface area contributed by atoms with Gasteiger partial charge in [-0.05, 0) is 19.1 Å². The molecule has 37 heavy (non-hydrogen) atoms. The van der Waals surface area contributed by atoms with Gasteiger partial charge in [0.25, 0.3) is 0 Å². The number of nitrogens with zero attached hydrogens (tertiary/aromatic N) is 4. The standard InChI is InChI=1S/C26H25N5O5S/c1-14-17(23(36-30-14)15-6-3-2-4-7-15)11-37-12-19-21(32)22(33)26(35-19)31-10-16(18-8-5-9-34-18)20-24(27)28-13-29-25(20)31/h2-10,13,19,21-22,26,32-33H,11-12H2,1H3,(H2,27,28,29)/t19-,21-,22-,26-/m1/s1. The molecule has 10 nitrogen and oxygen atoms in total. The molecule has 1 aromatic carbocycles. The number of aromatic nitrogens is 4. The maximum Gasteiger partial charge on any atom is 0.171 e. The molecular formula is C26H25N5O5S. The van der Waals surface area contributed by atoms with Crippen LogP contribution in [-0.2, 0) is 10.5 Å². The Hall–Kier alpha value is -3.64. The van der Waals surface area contributed by atoms with Crippen molar-refractivity contribution < 1.29 is 23.9 Å². The van der Waals surface area contributed by atoms with Crippen LogP contribution in [0.2, 0.25) is 0 Å². The number of thioether (sulfide) groups is 1. The van der Waals surface area contributed by atoms with Crippen molar-refractivity contribution >= 4 is 28.6 Å². The van der Waals surface area contributed by atoms with Crippen molar-refractivity contribution in [2.45, 2.75) is 37.2 Å². The van der Waals surface area contributed by atoms with Crippen LogP contribution in [0.25, 0.3) is 33.7 Å². The molecule has 1 aliphatic rings. The van der Waals surface area contributed by atoms with Crippen molar-refractivity contribution in [1.82, 2.24) is 19.7 Å². The SMILES string of the molecule is Cc1noc(-c2ccccc2)c1CSC[C@H]1O[C@@H](n2cc(-c3ccco3)c3c(N)ncnc32)[C@H](O)[C@@H]1O. The number of furan rings is 1. The molecule has 4 atom stereocenters. The Kier molecular flexibility index (Phi) is 6.21. The third kappa shape index (κ3) is 4.19. The molecule has 4 aromatic heterocycles. The highest BCUT2D eigenvalue weighted by Gasteiger charge is 2.44. The molecule has 190 valence electrons. The van der Waals surface area contributed by atoms with Gasteiger partial charge in [-0.3, -0.25) is 0 Å². The molecule has 5 aromatic rings. The lowest BCUT2D eigenvalue weighted by Gasteiger charge is -2.17. The van der Waals surface area contributed by atoms with E-state index in [0.717, 1.165) is 22.6 Å². The number of benzene rings is 1. The minimum Gasteiger partial charge on any atom is -0.464 e. The van der Waals surface area contributed by atoms with Gasteiger partial charge < -0.3 is 34.2 Å². The number of aliphatic hydroxyl groups is 2. The first-order chi connectivity index (χ1) is 18.0. The first kappa shape index (κ1) is 23.7. The Bertz CT molecular complexity index is 1520. The van der Waals surface area contributed by atoms with E-state index in [4.69, 9.17) is 19.4 Å². The van der Waals surface area contributed by atoms with Crippen LogP contribution in [0.15, 0.2) is 70.2 Å². The summed E-state index contributed by atoms with van der Waals surface area (Å²) in [5.74, 6) is 2.68. The average Bonchev–Trinajstić information content (AvgIpc) is 3.69. The average molecular weight is 520 g/mol. The van der Waals surface area contributed by atoms with Crippen LogP contribution >= 0.6 is 11.8 Å². The second-order valence-electron chi connectivity index (χ2n) is 8.89. The molecule has 0 saturated carbocycles. The second kappa shape index (κ2) is 9.67. The van der Waals surface area contributed by atoms with Crippen molar-refractivity contribution in [1.29, 1.82) is 0 Å². The summed E-state index contributed by atoms with van der Waals surface area (Å²) in [7, 11) is 0. The van der Waals surface area contributed by atoms with E-state index in [1.54, 1.807) is 34.9 Å². The minimum absolute atomic E-state index is 0.286. The molecule has 0 spiro atoms. The third-order valence-corrected chi connectivity index (χ3v) is 7.64. The maximum atomic E-state index is 10.9. The molecule has 0 unspecified atom stereocenters. The second-order valence-corrected chi connectivity index (χ2v) is 9.92. The van der Waals surface area contributed by atoms with Crippen LogP contribution in [0, 0.1) is 6.92 Å². The predicted octanol–water partition coefficient (Wildman–Crippen LogP) is 3.79. The Morgan fingerprint density at radius 3 is 2.70 bits per heavy atom. The fourth-order valence-corrected chi connectivity index (χ4v) is 5.84. The largest absolute Gasteiger partial charge is 0.464 e. The molecular weight excluding hydrogens is 494 g/mol. The predicted molar refractivity (Wildman–Crippen MR) is 138 cm³/mol. The van der Waals surface area contributed by atoms with Gasteiger partial charge in [0.15, 0.2) is 12.0 Å². The first-order valence-corrected chi connectivity index (χ1v) is 12.9. The van der Waals surface area contributed by atoms with Gasteiger partial charge in [0.1, 0.15) is 35.8 Å². The lowest BCUT2D eigenvalue weighted by Crippen LogP contribution is -2.32. The number of hydrogen-bond donors (Lipinski definition) is 3. The number of hydrogen-bond acceptors (Lipinski definition) is 10. The third-order valence-electron chi connectivity index (χ3n) is 6.59. The van der Waals surface area contributed by atoms with E-state index in [0.29, 0.717) is 33.9 Å². The maximum absolute atomic E-state index is 10.9. The van der Waals surface area contributed by atoms with Crippen LogP contribution in [0.1, 0.15) is 17.5 Å². The van der Waals surface area contributed by atoms with E-state index < -0.39 is 24.5 Å². The summed E-state index contributed by atoms with van der Waals surface area (Å²) in [4.78, 5) is 8.49. The van der Waals surface area contributed by atoms with E-state index in [2.05, 4.69) is 15.1 Å². The summed E-state index contributed by atoms with van der Waals surface area (Å²) in [5, 5.41) is 26.5. The van der Waals surface area contributed by atoms with Crippen molar-refractivity contribution in [3.63, 3.8) is 0 Å². The summed E-state index contributed by atoms with van der Waals surface area (Å²) in [6, 6.07) is 13.4. The van der Waals surface area contributed by atoms with E-state index in [1.165, 1.54) is 6.33 Å². The van der Waals surface area contributed by atoms with Gasteiger partial charge in [0.2, 0.25) is 0 Å². The molecule has 6 rings (SSSR count). The smallest absolute Gasteiger partial charge is 0.171 e. The highest BCUT2D eigenvalue weighted by atomic mass is 32.2. The van der Waals surface area contributed by atoms with Crippen molar-refractivity contribution in [3.05, 3.63) is 72.5 Å². The molecule has 0 amide bonds. The Balaban J connectivity index is 1.22. The van der Waals surface area contributed by atoms with Gasteiger partial charge in [-0.25, -0.2) is 9.97 Å². The molecule has 4 N–H and O–H groups in total. The zero-order valence-corrected chi connectivity index (χ0v) is 20.7. The van der Waals surface area contributed by atoms with Gasteiger partial charge in [-0.2, -0.15) is 11.8 Å². The van der Waals surface area contributed by atoms with Crippen molar-refractivity contribution in [2.24, 2.45) is 0 Å². The molecule has 1 saturated heterocycles. The van der Waals surface area contributed by atoms with E-state index in [1.807, 2.05) is 43.3 Å². The quantitative estimate of drug-likeness (QED) is 0.290. The van der Waals surface area contributed by atoms with Crippen molar-refractivity contribution in [3.8, 4) is 22.6 Å². The van der Waals surface area contributed by atoms with Crippen LogP contribution < -0.4 is 5.73 Å². The molecule has 1 fully saturated rings. The molecule has 0 aliphatic carbocycles. The number of rotatable bonds is 7. The molecule has 11 heteroatoms. The molecule has 0 bridgehead atoms. The number of nitrogens with two attached hydrogens (primary N) is 1. The van der Waals surface area contributed by atoms with Gasteiger partial charge in [-0.15, -0.1) is 0 Å². The summed E-state index contributed by atoms with van der Waals surface area (Å²) in [6.07, 6.45) is 0.968. The van der Waals surface area contributed by atoms with Gasteiger partial charge in [0, 0.05) is 34.4 Å². The molecule has 5 heterocycles. The zero-order chi connectivity index (χ0) is 25.5. The lowest BCUT2D eigenvalue weighted by atomic mass is 10.1.